The standard InChI is InChI=1S/C16H14F3N3O5S/c17-16(18,19)12-6-4-11(5-7-12)15(23)20-8-9-21-28(26,27)14-3-1-2-13(10-14)22(24)25/h1-7,10,21H,8-9H2,(H,20,23). The van der Waals surface area contributed by atoms with Crippen LogP contribution in [0.3, 0.4) is 0 Å². The molecule has 28 heavy (non-hydrogen) atoms. The maximum atomic E-state index is 12.5. The lowest BCUT2D eigenvalue weighted by atomic mass is 10.1. The molecule has 0 aliphatic rings. The smallest absolute Gasteiger partial charge is 0.351 e. The van der Waals surface area contributed by atoms with Crippen LogP contribution in [0, 0.1) is 10.1 Å². The first-order valence-electron chi connectivity index (χ1n) is 7.70. The summed E-state index contributed by atoms with van der Waals surface area (Å²) in [5, 5.41) is 13.1. The van der Waals surface area contributed by atoms with Gasteiger partial charge in [0.15, 0.2) is 0 Å². The maximum absolute atomic E-state index is 12.5. The van der Waals surface area contributed by atoms with Gasteiger partial charge in [0, 0.05) is 30.8 Å². The van der Waals surface area contributed by atoms with Crippen molar-refractivity contribution in [2.24, 2.45) is 0 Å². The van der Waals surface area contributed by atoms with E-state index in [1.165, 1.54) is 12.1 Å². The number of alkyl halides is 3. The molecule has 0 spiro atoms. The van der Waals surface area contributed by atoms with E-state index in [-0.39, 0.29) is 23.5 Å². The Hall–Kier alpha value is -2.99. The molecule has 2 aromatic carbocycles. The van der Waals surface area contributed by atoms with Crippen molar-refractivity contribution >= 4 is 21.6 Å². The number of rotatable bonds is 7. The molecule has 8 nitrogen and oxygen atoms in total. The van der Waals surface area contributed by atoms with Crippen LogP contribution in [0.4, 0.5) is 18.9 Å². The topological polar surface area (TPSA) is 118 Å². The zero-order valence-electron chi connectivity index (χ0n) is 14.1. The molecule has 1 amide bonds. The number of hydrogen-bond donors (Lipinski definition) is 2. The summed E-state index contributed by atoms with van der Waals surface area (Å²) in [6, 6.07) is 7.97. The van der Waals surface area contributed by atoms with Crippen LogP contribution >= 0.6 is 0 Å². The number of nitro benzene ring substituents is 1. The first kappa shape index (κ1) is 21.3. The second kappa shape index (κ2) is 8.35. The number of amides is 1. The van der Waals surface area contributed by atoms with Crippen LogP contribution in [0.15, 0.2) is 53.4 Å². The van der Waals surface area contributed by atoms with E-state index in [1.54, 1.807) is 0 Å². The Balaban J connectivity index is 1.90. The van der Waals surface area contributed by atoms with Crippen LogP contribution < -0.4 is 10.0 Å². The van der Waals surface area contributed by atoms with Gasteiger partial charge in [-0.1, -0.05) is 6.07 Å². The van der Waals surface area contributed by atoms with Gasteiger partial charge in [-0.25, -0.2) is 13.1 Å². The first-order valence-corrected chi connectivity index (χ1v) is 9.18. The number of nitro groups is 1. The fraction of sp³-hybridized carbons (Fsp3) is 0.188. The molecule has 0 saturated heterocycles. The van der Waals surface area contributed by atoms with Gasteiger partial charge in [-0.2, -0.15) is 13.2 Å². The number of non-ortho nitro benzene ring substituents is 1. The van der Waals surface area contributed by atoms with Gasteiger partial charge in [-0.15, -0.1) is 0 Å². The number of carbonyl (C=O) groups is 1. The fourth-order valence-corrected chi connectivity index (χ4v) is 3.19. The van der Waals surface area contributed by atoms with Gasteiger partial charge in [0.25, 0.3) is 11.6 Å². The quantitative estimate of drug-likeness (QED) is 0.407. The second-order valence-corrected chi connectivity index (χ2v) is 7.25. The van der Waals surface area contributed by atoms with Crippen LogP contribution in [0.2, 0.25) is 0 Å². The van der Waals surface area contributed by atoms with Crippen LogP contribution in [0.1, 0.15) is 15.9 Å². The summed E-state index contributed by atoms with van der Waals surface area (Å²) in [5.41, 5.74) is -1.30. The third kappa shape index (κ3) is 5.50. The van der Waals surface area contributed by atoms with Crippen molar-refractivity contribution in [2.75, 3.05) is 13.1 Å². The minimum atomic E-state index is -4.51. The number of hydrogen-bond acceptors (Lipinski definition) is 5. The Kier molecular flexibility index (Phi) is 6.36. The average molecular weight is 417 g/mol. The first-order chi connectivity index (χ1) is 13.0. The lowest BCUT2D eigenvalue weighted by molar-refractivity contribution is -0.385. The molecule has 0 aliphatic heterocycles. The summed E-state index contributed by atoms with van der Waals surface area (Å²) in [6.45, 7) is -0.370. The van der Waals surface area contributed by atoms with E-state index in [0.29, 0.717) is 0 Å². The minimum absolute atomic E-state index is 0.0189. The summed E-state index contributed by atoms with van der Waals surface area (Å²) in [5.74, 6) is -0.678. The second-order valence-electron chi connectivity index (χ2n) is 5.48. The molecule has 0 bridgehead atoms. The van der Waals surface area contributed by atoms with Crippen molar-refractivity contribution in [1.29, 1.82) is 0 Å². The molecule has 2 aromatic rings. The van der Waals surface area contributed by atoms with Gasteiger partial charge in [0.05, 0.1) is 15.4 Å². The van der Waals surface area contributed by atoms with Gasteiger partial charge in [0.1, 0.15) is 0 Å². The third-order valence-corrected chi connectivity index (χ3v) is 4.97. The molecule has 0 unspecified atom stereocenters. The zero-order valence-corrected chi connectivity index (χ0v) is 14.9. The van der Waals surface area contributed by atoms with E-state index in [2.05, 4.69) is 10.0 Å². The lowest BCUT2D eigenvalue weighted by Gasteiger charge is -2.09. The van der Waals surface area contributed by atoms with Gasteiger partial charge >= 0.3 is 6.18 Å². The average Bonchev–Trinajstić information content (AvgIpc) is 2.64. The molecule has 2 N–H and O–H groups in total. The van der Waals surface area contributed by atoms with Crippen molar-refractivity contribution in [3.8, 4) is 0 Å². The normalized spacial score (nSPS) is 11.8. The highest BCUT2D eigenvalue weighted by molar-refractivity contribution is 7.89. The van der Waals surface area contributed by atoms with E-state index < -0.39 is 38.3 Å². The highest BCUT2D eigenvalue weighted by Gasteiger charge is 2.30. The molecule has 0 radical (unpaired) electrons. The van der Waals surface area contributed by atoms with Gasteiger partial charge in [-0.05, 0) is 30.3 Å². The molecule has 0 aromatic heterocycles. The number of nitrogens with zero attached hydrogens (tertiary/aromatic N) is 1. The van der Waals surface area contributed by atoms with Crippen LogP contribution in [0.5, 0.6) is 0 Å². The molecule has 2 rings (SSSR count). The van der Waals surface area contributed by atoms with E-state index in [4.69, 9.17) is 0 Å². The summed E-state index contributed by atoms with van der Waals surface area (Å²) in [4.78, 5) is 21.5. The zero-order chi connectivity index (χ0) is 20.9. The predicted octanol–water partition coefficient (Wildman–Crippen LogP) is 2.32. The highest BCUT2D eigenvalue weighted by atomic mass is 32.2. The summed E-state index contributed by atoms with van der Waals surface area (Å²) in [6.07, 6.45) is -4.51. The van der Waals surface area contributed by atoms with E-state index in [0.717, 1.165) is 36.4 Å². The van der Waals surface area contributed by atoms with E-state index in [9.17, 15) is 36.5 Å². The molecule has 0 saturated carbocycles. The minimum Gasteiger partial charge on any atom is -0.351 e. The summed E-state index contributed by atoms with van der Waals surface area (Å²) >= 11 is 0. The third-order valence-electron chi connectivity index (χ3n) is 3.52. The Morgan fingerprint density at radius 3 is 2.29 bits per heavy atom. The highest BCUT2D eigenvalue weighted by Crippen LogP contribution is 2.29. The monoisotopic (exact) mass is 417 g/mol. The summed E-state index contributed by atoms with van der Waals surface area (Å²) < 4.78 is 63.8. The molecular formula is C16H14F3N3O5S. The molecule has 0 fully saturated rings. The Bertz CT molecular complexity index is 976. The van der Waals surface area contributed by atoms with Crippen LogP contribution in [-0.2, 0) is 16.2 Å². The SMILES string of the molecule is O=C(NCCNS(=O)(=O)c1cccc([N+](=O)[O-])c1)c1ccc(C(F)(F)F)cc1. The number of benzene rings is 2. The van der Waals surface area contributed by atoms with Gasteiger partial charge < -0.3 is 5.32 Å². The van der Waals surface area contributed by atoms with E-state index in [1.807, 2.05) is 0 Å². The Morgan fingerprint density at radius 2 is 1.71 bits per heavy atom. The summed E-state index contributed by atoms with van der Waals surface area (Å²) in [7, 11) is -4.03. The molecule has 150 valence electrons. The Morgan fingerprint density at radius 1 is 1.07 bits per heavy atom. The van der Waals surface area contributed by atoms with Crippen molar-refractivity contribution < 1.29 is 31.3 Å². The van der Waals surface area contributed by atoms with Gasteiger partial charge in [0.2, 0.25) is 10.0 Å². The Labute approximate surface area is 157 Å². The lowest BCUT2D eigenvalue weighted by Crippen LogP contribution is -2.34. The van der Waals surface area contributed by atoms with Crippen LogP contribution in [0.25, 0.3) is 0 Å². The van der Waals surface area contributed by atoms with Crippen LogP contribution in [-0.4, -0.2) is 32.3 Å². The van der Waals surface area contributed by atoms with Crippen molar-refractivity contribution in [3.63, 3.8) is 0 Å². The fourth-order valence-electron chi connectivity index (χ4n) is 2.12. The van der Waals surface area contributed by atoms with Crippen molar-refractivity contribution in [3.05, 3.63) is 69.8 Å². The van der Waals surface area contributed by atoms with E-state index >= 15 is 0 Å². The molecule has 0 aliphatic carbocycles. The number of nitrogens with one attached hydrogen (secondary N) is 2. The van der Waals surface area contributed by atoms with Crippen molar-refractivity contribution in [2.45, 2.75) is 11.1 Å². The number of halogens is 3. The number of sulfonamides is 1. The molecule has 12 heteroatoms. The largest absolute Gasteiger partial charge is 0.416 e. The number of carbonyl (C=O) groups excluding carboxylic acids is 1. The van der Waals surface area contributed by atoms with Gasteiger partial charge in [-0.3, -0.25) is 14.9 Å². The molecule has 0 heterocycles. The maximum Gasteiger partial charge on any atom is 0.416 e. The molecule has 0 atom stereocenters. The van der Waals surface area contributed by atoms with Crippen molar-refractivity contribution in [1.82, 2.24) is 10.0 Å². The molecular weight excluding hydrogens is 403 g/mol. The predicted molar refractivity (Wildman–Crippen MR) is 92.1 cm³/mol.